The first-order chi connectivity index (χ1) is 4.00. The fourth-order valence-corrected chi connectivity index (χ4v) is 0.342. The molecule has 0 saturated carbocycles. The first-order valence-corrected chi connectivity index (χ1v) is 2.62. The molecule has 1 heteroatoms. The van der Waals surface area contributed by atoms with Crippen molar-refractivity contribution in [2.75, 3.05) is 0 Å². The van der Waals surface area contributed by atoms with Crippen molar-refractivity contribution in [1.29, 1.82) is 0 Å². The van der Waals surface area contributed by atoms with Gasteiger partial charge in [0.05, 0.1) is 0 Å². The summed E-state index contributed by atoms with van der Waals surface area (Å²) < 4.78 is 0. The summed E-state index contributed by atoms with van der Waals surface area (Å²) in [6, 6.07) is 12.5. The van der Waals surface area contributed by atoms with Gasteiger partial charge in [-0.15, -0.1) is 0 Å². The molecule has 0 amide bonds. The first kappa shape index (κ1) is 12.0. The Kier molecular flexibility index (Phi) is 14.9. The third-order valence-electron chi connectivity index (χ3n) is 0.607. The van der Waals surface area contributed by atoms with Crippen LogP contribution in [0.4, 0.5) is 0 Å². The average Bonchev–Trinajstić information content (AvgIpc) is 1.96. The molecule has 0 aliphatic heterocycles. The van der Waals surface area contributed by atoms with E-state index in [9.17, 15) is 0 Å². The standard InChI is InChI=1S/C6H5.C2H5.Y/c1-2-4-6-5-3-1;1-2;/h1-5H;1H2,2H3;/q2*-1;+3. The van der Waals surface area contributed by atoms with Gasteiger partial charge in [0.25, 0.3) is 0 Å². The molecule has 1 aromatic rings. The van der Waals surface area contributed by atoms with Gasteiger partial charge in [-0.25, -0.2) is 0 Å². The smallest absolute Gasteiger partial charge is 0.346 e. The minimum absolute atomic E-state index is 0. The summed E-state index contributed by atoms with van der Waals surface area (Å²) in [5.41, 5.74) is 0. The normalized spacial score (nSPS) is 6.00. The van der Waals surface area contributed by atoms with Crippen molar-refractivity contribution >= 4 is 0 Å². The maximum absolute atomic E-state index is 3.25. The summed E-state index contributed by atoms with van der Waals surface area (Å²) in [6.45, 7) is 5.00. The van der Waals surface area contributed by atoms with E-state index >= 15 is 0 Å². The zero-order chi connectivity index (χ0) is 6.24. The minimum atomic E-state index is 0. The predicted octanol–water partition coefficient (Wildman–Crippen LogP) is 2.32. The third-order valence-corrected chi connectivity index (χ3v) is 0.607. The molecule has 0 nitrogen and oxygen atoms in total. The van der Waals surface area contributed by atoms with Crippen LogP contribution in [0.25, 0.3) is 0 Å². The maximum atomic E-state index is 3.25. The van der Waals surface area contributed by atoms with Crippen molar-refractivity contribution in [1.82, 2.24) is 0 Å². The second-order valence-electron chi connectivity index (χ2n) is 1.08. The van der Waals surface area contributed by atoms with Crippen molar-refractivity contribution in [3.63, 3.8) is 0 Å². The molecule has 44 valence electrons. The van der Waals surface area contributed by atoms with Crippen LogP contribution in [0.15, 0.2) is 30.3 Å². The summed E-state index contributed by atoms with van der Waals surface area (Å²) >= 11 is 0. The van der Waals surface area contributed by atoms with Crippen molar-refractivity contribution in [3.05, 3.63) is 43.3 Å². The fraction of sp³-hybridized carbons (Fsp3) is 0.125. The van der Waals surface area contributed by atoms with Gasteiger partial charge in [0, 0.05) is 0 Å². The van der Waals surface area contributed by atoms with Gasteiger partial charge in [-0.3, -0.25) is 0 Å². The van der Waals surface area contributed by atoms with Crippen LogP contribution in [0.1, 0.15) is 6.92 Å². The summed E-state index contributed by atoms with van der Waals surface area (Å²) in [5, 5.41) is 0. The van der Waals surface area contributed by atoms with Crippen molar-refractivity contribution in [3.8, 4) is 0 Å². The van der Waals surface area contributed by atoms with Gasteiger partial charge in [0.2, 0.25) is 0 Å². The van der Waals surface area contributed by atoms with E-state index in [0.717, 1.165) is 0 Å². The van der Waals surface area contributed by atoms with Crippen LogP contribution in [0.5, 0.6) is 0 Å². The summed E-state index contributed by atoms with van der Waals surface area (Å²) in [6.07, 6.45) is 0. The number of rotatable bonds is 0. The Labute approximate surface area is 82.6 Å². The molecule has 0 aliphatic rings. The molecule has 0 aliphatic carbocycles. The maximum Gasteiger partial charge on any atom is 3.00 e. The van der Waals surface area contributed by atoms with Gasteiger partial charge in [-0.1, -0.05) is 0 Å². The fourth-order valence-electron chi connectivity index (χ4n) is 0.342. The number of hydrogen-bond donors (Lipinski definition) is 0. The largest absolute Gasteiger partial charge is 3.00 e. The molecule has 0 saturated heterocycles. The minimum Gasteiger partial charge on any atom is -0.346 e. The molecule has 0 bridgehead atoms. The number of benzene rings is 1. The monoisotopic (exact) mass is 195 g/mol. The zero-order valence-corrected chi connectivity index (χ0v) is 8.51. The molecule has 1 aromatic carbocycles. The quantitative estimate of drug-likeness (QED) is 0.557. The molecule has 0 heterocycles. The molecule has 0 atom stereocenters. The summed E-state index contributed by atoms with van der Waals surface area (Å²) in [4.78, 5) is 0. The molecule has 0 radical (unpaired) electrons. The van der Waals surface area contributed by atoms with Gasteiger partial charge in [-0.2, -0.15) is 43.3 Å². The Hall–Kier alpha value is 0.324. The van der Waals surface area contributed by atoms with Crippen LogP contribution >= 0.6 is 0 Å². The summed E-state index contributed by atoms with van der Waals surface area (Å²) in [7, 11) is 0. The topological polar surface area (TPSA) is 0 Å². The van der Waals surface area contributed by atoms with Gasteiger partial charge in [0.15, 0.2) is 0 Å². The van der Waals surface area contributed by atoms with E-state index in [-0.39, 0.29) is 32.7 Å². The van der Waals surface area contributed by atoms with Gasteiger partial charge in [0.1, 0.15) is 0 Å². The first-order valence-electron chi connectivity index (χ1n) is 2.62. The molecule has 1 rings (SSSR count). The van der Waals surface area contributed by atoms with Crippen LogP contribution < -0.4 is 0 Å². The molecule has 0 N–H and O–H groups in total. The predicted molar refractivity (Wildman–Crippen MR) is 36.3 cm³/mol. The average molecular weight is 195 g/mol. The van der Waals surface area contributed by atoms with E-state index in [1.54, 1.807) is 6.92 Å². The Bertz CT molecular complexity index is 76.5. The van der Waals surface area contributed by atoms with Gasteiger partial charge < -0.3 is 6.92 Å². The van der Waals surface area contributed by atoms with Crippen molar-refractivity contribution in [2.24, 2.45) is 0 Å². The summed E-state index contributed by atoms with van der Waals surface area (Å²) in [5.74, 6) is 0. The molecular formula is C8H10Y+. The van der Waals surface area contributed by atoms with E-state index in [2.05, 4.69) is 13.0 Å². The molecule has 0 aromatic heterocycles. The molecule has 0 unspecified atom stereocenters. The van der Waals surface area contributed by atoms with Gasteiger partial charge in [-0.05, 0) is 0 Å². The third kappa shape index (κ3) is 8.32. The van der Waals surface area contributed by atoms with Crippen molar-refractivity contribution < 1.29 is 32.7 Å². The van der Waals surface area contributed by atoms with E-state index in [1.807, 2.05) is 30.3 Å². The molecule has 0 fully saturated rings. The van der Waals surface area contributed by atoms with E-state index in [0.29, 0.717) is 0 Å². The van der Waals surface area contributed by atoms with Crippen LogP contribution in [0.2, 0.25) is 0 Å². The second kappa shape index (κ2) is 11.2. The van der Waals surface area contributed by atoms with Gasteiger partial charge >= 0.3 is 32.7 Å². The van der Waals surface area contributed by atoms with Crippen LogP contribution in [0, 0.1) is 13.0 Å². The Morgan fingerprint density at radius 2 is 1.44 bits per heavy atom. The second-order valence-corrected chi connectivity index (χ2v) is 1.08. The number of hydrogen-bond acceptors (Lipinski definition) is 0. The van der Waals surface area contributed by atoms with Crippen molar-refractivity contribution in [2.45, 2.75) is 6.92 Å². The molecular weight excluding hydrogens is 185 g/mol. The van der Waals surface area contributed by atoms with E-state index in [4.69, 9.17) is 0 Å². The van der Waals surface area contributed by atoms with E-state index < -0.39 is 0 Å². The molecule has 0 spiro atoms. The zero-order valence-electron chi connectivity index (χ0n) is 5.67. The van der Waals surface area contributed by atoms with E-state index in [1.165, 1.54) is 0 Å². The van der Waals surface area contributed by atoms with Crippen LogP contribution in [-0.4, -0.2) is 0 Å². The SMILES string of the molecule is [CH2-]C.[Y+3].[c-]1ccccc1. The Morgan fingerprint density at radius 3 is 1.56 bits per heavy atom. The van der Waals surface area contributed by atoms with Crippen LogP contribution in [-0.2, 0) is 32.7 Å². The Morgan fingerprint density at radius 1 is 1.00 bits per heavy atom. The Balaban J connectivity index is 0. The molecule has 9 heavy (non-hydrogen) atoms. The van der Waals surface area contributed by atoms with Crippen LogP contribution in [0.3, 0.4) is 0 Å².